The molecule has 11 heteroatoms. The number of anilines is 1. The normalized spacial score (nSPS) is 11.6. The van der Waals surface area contributed by atoms with E-state index in [1.54, 1.807) is 23.0 Å². The summed E-state index contributed by atoms with van der Waals surface area (Å²) >= 11 is 8.65. The summed E-state index contributed by atoms with van der Waals surface area (Å²) in [6.45, 7) is 0.443. The average Bonchev–Trinajstić information content (AvgIpc) is 3.12. The summed E-state index contributed by atoms with van der Waals surface area (Å²) in [7, 11) is 1.12. The highest BCUT2D eigenvalue weighted by Crippen LogP contribution is 2.36. The fourth-order valence-corrected chi connectivity index (χ4v) is 3.30. The zero-order valence-electron chi connectivity index (χ0n) is 13.8. The summed E-state index contributed by atoms with van der Waals surface area (Å²) in [6.07, 6.45) is -1.67. The van der Waals surface area contributed by atoms with Crippen molar-refractivity contribution >= 4 is 39.1 Å². The van der Waals surface area contributed by atoms with E-state index in [2.05, 4.69) is 31.4 Å². The third-order valence-electron chi connectivity index (χ3n) is 3.62. The highest BCUT2D eigenvalue weighted by molar-refractivity contribution is 9.10. The molecule has 1 aromatic carbocycles. The van der Waals surface area contributed by atoms with Crippen LogP contribution in [0.3, 0.4) is 0 Å². The van der Waals surface area contributed by atoms with Gasteiger partial charge < -0.3 is 5.32 Å². The first-order chi connectivity index (χ1) is 12.6. The molecule has 142 valence electrons. The van der Waals surface area contributed by atoms with Crippen LogP contribution in [-0.2, 0) is 19.8 Å². The molecule has 0 saturated heterocycles. The maximum Gasteiger partial charge on any atom is 0.434 e. The Kier molecular flexibility index (Phi) is 5.29. The molecule has 27 heavy (non-hydrogen) atoms. The third-order valence-corrected chi connectivity index (χ3v) is 4.63. The molecule has 0 fully saturated rings. The number of rotatable bonds is 4. The van der Waals surface area contributed by atoms with Gasteiger partial charge in [-0.1, -0.05) is 23.7 Å². The number of carbonyl (C=O) groups is 1. The van der Waals surface area contributed by atoms with E-state index in [9.17, 15) is 18.0 Å². The molecule has 0 aliphatic heterocycles. The fourth-order valence-electron chi connectivity index (χ4n) is 2.43. The Morgan fingerprint density at radius 2 is 1.96 bits per heavy atom. The molecule has 0 aliphatic rings. The molecule has 0 atom stereocenters. The van der Waals surface area contributed by atoms with Gasteiger partial charge in [0.05, 0.1) is 22.9 Å². The summed E-state index contributed by atoms with van der Waals surface area (Å²) in [5.41, 5.74) is -0.121. The molecule has 1 amide bonds. The summed E-state index contributed by atoms with van der Waals surface area (Å²) in [5.74, 6) is -0.779. The highest BCUT2D eigenvalue weighted by atomic mass is 79.9. The van der Waals surface area contributed by atoms with Gasteiger partial charge in [0.15, 0.2) is 11.4 Å². The molecule has 0 aliphatic carbocycles. The number of aryl methyl sites for hydroxylation is 1. The monoisotopic (exact) mass is 461 g/mol. The van der Waals surface area contributed by atoms with Crippen LogP contribution in [0.1, 0.15) is 21.7 Å². The molecule has 2 aromatic heterocycles. The predicted molar refractivity (Wildman–Crippen MR) is 96.6 cm³/mol. The van der Waals surface area contributed by atoms with Crippen molar-refractivity contribution in [3.05, 3.63) is 63.1 Å². The first kappa shape index (κ1) is 19.4. The van der Waals surface area contributed by atoms with Gasteiger partial charge >= 0.3 is 6.18 Å². The van der Waals surface area contributed by atoms with Gasteiger partial charge in [-0.25, -0.2) is 0 Å². The number of aromatic nitrogens is 4. The van der Waals surface area contributed by atoms with Crippen molar-refractivity contribution in [2.45, 2.75) is 12.7 Å². The smallest absolute Gasteiger partial charge is 0.318 e. The van der Waals surface area contributed by atoms with Crippen molar-refractivity contribution in [3.63, 3.8) is 0 Å². The molecule has 2 heterocycles. The van der Waals surface area contributed by atoms with Gasteiger partial charge in [0.1, 0.15) is 0 Å². The second kappa shape index (κ2) is 7.35. The molecule has 0 bridgehead atoms. The number of benzene rings is 1. The van der Waals surface area contributed by atoms with Crippen molar-refractivity contribution in [2.75, 3.05) is 5.32 Å². The Labute approximate surface area is 165 Å². The van der Waals surface area contributed by atoms with Crippen LogP contribution in [0.5, 0.6) is 0 Å². The lowest BCUT2D eigenvalue weighted by atomic mass is 10.2. The lowest BCUT2D eigenvalue weighted by Crippen LogP contribution is -2.13. The first-order valence-electron chi connectivity index (χ1n) is 7.53. The van der Waals surface area contributed by atoms with Crippen LogP contribution in [-0.4, -0.2) is 25.5 Å². The topological polar surface area (TPSA) is 64.7 Å². The number of amides is 1. The van der Waals surface area contributed by atoms with Crippen LogP contribution < -0.4 is 5.32 Å². The molecule has 0 spiro atoms. The van der Waals surface area contributed by atoms with Gasteiger partial charge in [-0.05, 0) is 33.6 Å². The number of alkyl halides is 3. The van der Waals surface area contributed by atoms with E-state index in [-0.39, 0.29) is 5.69 Å². The molecule has 0 saturated carbocycles. The van der Waals surface area contributed by atoms with Crippen molar-refractivity contribution in [3.8, 4) is 0 Å². The van der Waals surface area contributed by atoms with E-state index in [1.165, 1.54) is 6.20 Å². The molecule has 3 rings (SSSR count). The van der Waals surface area contributed by atoms with Gasteiger partial charge in [0.2, 0.25) is 0 Å². The van der Waals surface area contributed by atoms with Crippen LogP contribution in [0.2, 0.25) is 5.02 Å². The van der Waals surface area contributed by atoms with Gasteiger partial charge in [-0.3, -0.25) is 14.2 Å². The van der Waals surface area contributed by atoms with Crippen LogP contribution in [0.4, 0.5) is 18.9 Å². The summed E-state index contributed by atoms with van der Waals surface area (Å²) in [4.78, 5) is 12.3. The van der Waals surface area contributed by atoms with Gasteiger partial charge in [-0.2, -0.15) is 23.4 Å². The van der Waals surface area contributed by atoms with Crippen LogP contribution >= 0.6 is 27.5 Å². The Morgan fingerprint density at radius 1 is 1.30 bits per heavy atom. The lowest BCUT2D eigenvalue weighted by Gasteiger charge is -2.06. The molecule has 0 radical (unpaired) electrons. The Morgan fingerprint density at radius 3 is 2.56 bits per heavy atom. The Balaban J connectivity index is 1.74. The predicted octanol–water partition coefficient (Wildman–Crippen LogP) is 4.35. The minimum absolute atomic E-state index is 0.333. The second-order valence-electron chi connectivity index (χ2n) is 5.64. The zero-order valence-corrected chi connectivity index (χ0v) is 16.1. The fraction of sp³-hybridized carbons (Fsp3) is 0.188. The minimum Gasteiger partial charge on any atom is -0.318 e. The molecular formula is C16H12BrClF3N5O. The van der Waals surface area contributed by atoms with E-state index in [4.69, 9.17) is 11.6 Å². The highest BCUT2D eigenvalue weighted by Gasteiger charge is 2.39. The molecule has 3 aromatic rings. The van der Waals surface area contributed by atoms with Gasteiger partial charge in [0, 0.05) is 18.3 Å². The van der Waals surface area contributed by atoms with Crippen LogP contribution in [0.25, 0.3) is 0 Å². The average molecular weight is 463 g/mol. The van der Waals surface area contributed by atoms with E-state index >= 15 is 0 Å². The lowest BCUT2D eigenvalue weighted by molar-refractivity contribution is -0.144. The summed E-state index contributed by atoms with van der Waals surface area (Å²) in [5, 5.41) is 10.9. The summed E-state index contributed by atoms with van der Waals surface area (Å²) < 4.78 is 40.8. The van der Waals surface area contributed by atoms with Crippen molar-refractivity contribution in [1.29, 1.82) is 0 Å². The van der Waals surface area contributed by atoms with E-state index in [1.807, 2.05) is 12.1 Å². The zero-order chi connectivity index (χ0) is 19.8. The quantitative estimate of drug-likeness (QED) is 0.627. The number of halogens is 5. The van der Waals surface area contributed by atoms with Crippen LogP contribution in [0.15, 0.2) is 41.1 Å². The Hall–Kier alpha value is -2.33. The third kappa shape index (κ3) is 4.33. The SMILES string of the molecule is Cn1nc(C(=O)Nc2cnn(Cc3ccc(Cl)cc3)c2)c(Br)c1C(F)(F)F. The number of nitrogens with zero attached hydrogens (tertiary/aromatic N) is 4. The molecule has 6 nitrogen and oxygen atoms in total. The molecule has 0 unspecified atom stereocenters. The minimum atomic E-state index is -4.64. The van der Waals surface area contributed by atoms with E-state index < -0.39 is 22.3 Å². The van der Waals surface area contributed by atoms with E-state index in [0.717, 1.165) is 12.6 Å². The van der Waals surface area contributed by atoms with Crippen LogP contribution in [0, 0.1) is 0 Å². The number of hydrogen-bond acceptors (Lipinski definition) is 3. The number of nitrogens with one attached hydrogen (secondary N) is 1. The number of hydrogen-bond donors (Lipinski definition) is 1. The van der Waals surface area contributed by atoms with Crippen molar-refractivity contribution in [2.24, 2.45) is 7.05 Å². The number of carbonyl (C=O) groups excluding carboxylic acids is 1. The van der Waals surface area contributed by atoms with Gasteiger partial charge in [0.25, 0.3) is 5.91 Å². The maximum absolute atomic E-state index is 13.0. The standard InChI is InChI=1S/C16H12BrClF3N5O/c1-25-14(16(19,20)21)12(17)13(24-25)15(27)23-11-6-22-26(8-11)7-9-2-4-10(18)5-3-9/h2-6,8H,7H2,1H3,(H,23,27). The first-order valence-corrected chi connectivity index (χ1v) is 8.70. The van der Waals surface area contributed by atoms with Crippen molar-refractivity contribution in [1.82, 2.24) is 19.6 Å². The molecule has 1 N–H and O–H groups in total. The summed E-state index contributed by atoms with van der Waals surface area (Å²) in [6, 6.07) is 7.18. The Bertz CT molecular complexity index is 981. The van der Waals surface area contributed by atoms with E-state index in [0.29, 0.717) is 21.9 Å². The molecular weight excluding hydrogens is 451 g/mol. The largest absolute Gasteiger partial charge is 0.434 e. The van der Waals surface area contributed by atoms with Crippen molar-refractivity contribution < 1.29 is 18.0 Å². The van der Waals surface area contributed by atoms with Gasteiger partial charge in [-0.15, -0.1) is 0 Å². The second-order valence-corrected chi connectivity index (χ2v) is 6.87. The maximum atomic E-state index is 13.0.